The van der Waals surface area contributed by atoms with Gasteiger partial charge in [0.1, 0.15) is 0 Å². The largest absolute Gasteiger partial charge is 0.493 e. The first kappa shape index (κ1) is 18.7. The Morgan fingerprint density at radius 2 is 1.81 bits per heavy atom. The van der Waals surface area contributed by atoms with Crippen LogP contribution >= 0.6 is 0 Å². The predicted octanol–water partition coefficient (Wildman–Crippen LogP) is 3.05. The third-order valence-corrected chi connectivity index (χ3v) is 5.62. The lowest BCUT2D eigenvalue weighted by atomic mass is 9.68. The van der Waals surface area contributed by atoms with Crippen molar-refractivity contribution in [3.05, 3.63) is 17.7 Å². The number of hydrogen-bond donors (Lipinski definition) is 1. The summed E-state index contributed by atoms with van der Waals surface area (Å²) in [6.07, 6.45) is 5.42. The molecular weight excluding hydrogens is 330 g/mol. The van der Waals surface area contributed by atoms with Crippen LogP contribution in [0.15, 0.2) is 17.1 Å². The van der Waals surface area contributed by atoms with Crippen LogP contribution in [0, 0.1) is 5.41 Å². The van der Waals surface area contributed by atoms with E-state index in [-0.39, 0.29) is 0 Å². The highest BCUT2D eigenvalue weighted by molar-refractivity contribution is 5.80. The van der Waals surface area contributed by atoms with Crippen LogP contribution in [0.3, 0.4) is 0 Å². The van der Waals surface area contributed by atoms with Gasteiger partial charge < -0.3 is 24.4 Å². The number of likely N-dealkylation sites (tertiary alicyclic amines) is 1. The van der Waals surface area contributed by atoms with E-state index in [2.05, 4.69) is 17.1 Å². The molecule has 6 nitrogen and oxygen atoms in total. The molecule has 1 aliphatic heterocycles. The number of aliphatic imine (C=N–C) groups is 1. The Balaban J connectivity index is 1.77. The fourth-order valence-corrected chi connectivity index (χ4v) is 4.02. The molecule has 2 aliphatic rings. The Hall–Kier alpha value is -2.11. The van der Waals surface area contributed by atoms with Crippen LogP contribution in [0.1, 0.15) is 38.2 Å². The van der Waals surface area contributed by atoms with E-state index in [1.807, 2.05) is 12.1 Å². The minimum absolute atomic E-state index is 0.558. The predicted molar refractivity (Wildman–Crippen MR) is 103 cm³/mol. The van der Waals surface area contributed by atoms with Crippen LogP contribution in [0.25, 0.3) is 0 Å². The lowest BCUT2D eigenvalue weighted by Gasteiger charge is -2.38. The van der Waals surface area contributed by atoms with E-state index in [4.69, 9.17) is 19.2 Å². The van der Waals surface area contributed by atoms with Crippen molar-refractivity contribution in [2.75, 3.05) is 41.0 Å². The van der Waals surface area contributed by atoms with Crippen molar-refractivity contribution in [1.29, 1.82) is 0 Å². The summed E-state index contributed by atoms with van der Waals surface area (Å²) in [6.45, 7) is 5.79. The van der Waals surface area contributed by atoms with Crippen LogP contribution in [-0.2, 0) is 6.54 Å². The molecule has 1 saturated heterocycles. The zero-order valence-corrected chi connectivity index (χ0v) is 16.4. The average molecular weight is 361 g/mol. The Labute approximate surface area is 156 Å². The molecule has 0 atom stereocenters. The minimum Gasteiger partial charge on any atom is -0.493 e. The van der Waals surface area contributed by atoms with Gasteiger partial charge in [0.05, 0.1) is 27.9 Å². The third-order valence-electron chi connectivity index (χ3n) is 5.62. The van der Waals surface area contributed by atoms with Crippen LogP contribution in [0.4, 0.5) is 0 Å². The van der Waals surface area contributed by atoms with E-state index in [1.165, 1.54) is 25.7 Å². The van der Waals surface area contributed by atoms with Gasteiger partial charge in [-0.05, 0) is 49.3 Å². The molecule has 1 spiro atoms. The van der Waals surface area contributed by atoms with Gasteiger partial charge >= 0.3 is 0 Å². The zero-order chi connectivity index (χ0) is 18.6. The summed E-state index contributed by atoms with van der Waals surface area (Å²) in [5, 5.41) is 3.45. The first-order valence-corrected chi connectivity index (χ1v) is 9.47. The number of ether oxygens (including phenoxy) is 3. The molecule has 1 saturated carbocycles. The summed E-state index contributed by atoms with van der Waals surface area (Å²) in [4.78, 5) is 7.29. The SMILES string of the molecule is CCNC(=NCc1cc(OC)c(OC)c(OC)c1)N1CCC2(CCC2)C1. The van der Waals surface area contributed by atoms with E-state index in [1.54, 1.807) is 21.3 Å². The molecule has 1 aliphatic carbocycles. The fourth-order valence-electron chi connectivity index (χ4n) is 4.02. The smallest absolute Gasteiger partial charge is 0.203 e. The first-order chi connectivity index (χ1) is 12.6. The van der Waals surface area contributed by atoms with Crippen molar-refractivity contribution in [3.63, 3.8) is 0 Å². The molecule has 1 N–H and O–H groups in total. The Kier molecular flexibility index (Phi) is 5.79. The second-order valence-corrected chi connectivity index (χ2v) is 7.23. The molecule has 6 heteroatoms. The molecule has 26 heavy (non-hydrogen) atoms. The van der Waals surface area contributed by atoms with Gasteiger partial charge in [0.15, 0.2) is 17.5 Å². The number of guanidine groups is 1. The summed E-state index contributed by atoms with van der Waals surface area (Å²) in [7, 11) is 4.89. The second-order valence-electron chi connectivity index (χ2n) is 7.23. The highest BCUT2D eigenvalue weighted by atomic mass is 16.5. The maximum absolute atomic E-state index is 5.44. The van der Waals surface area contributed by atoms with Gasteiger partial charge in [-0.2, -0.15) is 0 Å². The number of hydrogen-bond acceptors (Lipinski definition) is 4. The summed E-state index contributed by atoms with van der Waals surface area (Å²) < 4.78 is 16.3. The van der Waals surface area contributed by atoms with Crippen molar-refractivity contribution in [1.82, 2.24) is 10.2 Å². The molecule has 1 aromatic rings. The Morgan fingerprint density at radius 3 is 2.27 bits per heavy atom. The lowest BCUT2D eigenvalue weighted by molar-refractivity contribution is 0.151. The molecule has 1 heterocycles. The van der Waals surface area contributed by atoms with Gasteiger partial charge in [-0.1, -0.05) is 6.42 Å². The van der Waals surface area contributed by atoms with Crippen molar-refractivity contribution >= 4 is 5.96 Å². The number of rotatable bonds is 6. The molecule has 0 amide bonds. The molecule has 3 rings (SSSR count). The van der Waals surface area contributed by atoms with Gasteiger partial charge in [-0.15, -0.1) is 0 Å². The number of methoxy groups -OCH3 is 3. The lowest BCUT2D eigenvalue weighted by Crippen LogP contribution is -2.42. The third kappa shape index (κ3) is 3.69. The highest BCUT2D eigenvalue weighted by Gasteiger charge is 2.43. The van der Waals surface area contributed by atoms with Crippen LogP contribution in [0.5, 0.6) is 17.2 Å². The molecule has 2 fully saturated rings. The van der Waals surface area contributed by atoms with E-state index in [0.29, 0.717) is 29.2 Å². The Bertz CT molecular complexity index is 631. The summed E-state index contributed by atoms with van der Waals surface area (Å²) in [5.41, 5.74) is 1.59. The maximum Gasteiger partial charge on any atom is 0.203 e. The summed E-state index contributed by atoms with van der Waals surface area (Å²) in [6, 6.07) is 3.93. The molecule has 144 valence electrons. The van der Waals surface area contributed by atoms with Gasteiger partial charge in [-0.3, -0.25) is 0 Å². The minimum atomic E-state index is 0.558. The van der Waals surface area contributed by atoms with Gasteiger partial charge in [-0.25, -0.2) is 4.99 Å². The van der Waals surface area contributed by atoms with Crippen LogP contribution < -0.4 is 19.5 Å². The number of nitrogens with zero attached hydrogens (tertiary/aromatic N) is 2. The molecule has 0 radical (unpaired) electrons. The Morgan fingerprint density at radius 1 is 1.12 bits per heavy atom. The molecule has 1 aromatic carbocycles. The van der Waals surface area contributed by atoms with E-state index in [9.17, 15) is 0 Å². The number of nitrogens with one attached hydrogen (secondary N) is 1. The zero-order valence-electron chi connectivity index (χ0n) is 16.4. The van der Waals surface area contributed by atoms with Crippen molar-refractivity contribution < 1.29 is 14.2 Å². The molecule has 0 unspecified atom stereocenters. The highest BCUT2D eigenvalue weighted by Crippen LogP contribution is 2.48. The summed E-state index contributed by atoms with van der Waals surface area (Å²) in [5.74, 6) is 2.94. The van der Waals surface area contributed by atoms with Crippen molar-refractivity contribution in [3.8, 4) is 17.2 Å². The quantitative estimate of drug-likeness (QED) is 0.623. The molecule has 0 aromatic heterocycles. The maximum atomic E-state index is 5.44. The monoisotopic (exact) mass is 361 g/mol. The van der Waals surface area contributed by atoms with Crippen molar-refractivity contribution in [2.24, 2.45) is 10.4 Å². The van der Waals surface area contributed by atoms with Crippen molar-refractivity contribution in [2.45, 2.75) is 39.2 Å². The average Bonchev–Trinajstić information content (AvgIpc) is 3.10. The van der Waals surface area contributed by atoms with Crippen LogP contribution in [0.2, 0.25) is 0 Å². The van der Waals surface area contributed by atoms with Crippen LogP contribution in [-0.4, -0.2) is 51.8 Å². The van der Waals surface area contributed by atoms with Gasteiger partial charge in [0, 0.05) is 19.6 Å². The first-order valence-electron chi connectivity index (χ1n) is 9.47. The normalized spacial score (nSPS) is 18.6. The van der Waals surface area contributed by atoms with E-state index >= 15 is 0 Å². The second kappa shape index (κ2) is 8.06. The van der Waals surface area contributed by atoms with E-state index in [0.717, 1.165) is 31.2 Å². The fraction of sp³-hybridized carbons (Fsp3) is 0.650. The van der Waals surface area contributed by atoms with Gasteiger partial charge in [0.2, 0.25) is 5.75 Å². The molecule has 0 bridgehead atoms. The van der Waals surface area contributed by atoms with E-state index < -0.39 is 0 Å². The number of benzene rings is 1. The summed E-state index contributed by atoms with van der Waals surface area (Å²) >= 11 is 0. The topological polar surface area (TPSA) is 55.3 Å². The van der Waals surface area contributed by atoms with Gasteiger partial charge in [0.25, 0.3) is 0 Å². The molecular formula is C20H31N3O3. The standard InChI is InChI=1S/C20H31N3O3/c1-5-21-19(23-10-9-20(14-23)7-6-8-20)22-13-15-11-16(24-2)18(26-4)17(12-15)25-3/h11-12H,5-10,13-14H2,1-4H3,(H,21,22).